The number of likely N-dealkylation sites (N-methyl/N-ethyl adjacent to an activating group) is 1. The molecule has 0 unspecified atom stereocenters. The molecule has 5 rings (SSSR count). The molecule has 49 heavy (non-hydrogen) atoms. The van der Waals surface area contributed by atoms with Crippen LogP contribution in [-0.4, -0.2) is 91.9 Å². The number of aromatic nitrogens is 4. The summed E-state index contributed by atoms with van der Waals surface area (Å²) in [5.74, 6) is -2.42. The maximum atomic E-state index is 15.8. The highest BCUT2D eigenvalue weighted by molar-refractivity contribution is 6.00. The van der Waals surface area contributed by atoms with Gasteiger partial charge in [0.15, 0.2) is 5.78 Å². The van der Waals surface area contributed by atoms with Gasteiger partial charge in [0.1, 0.15) is 29.1 Å². The highest BCUT2D eigenvalue weighted by Crippen LogP contribution is 2.34. The number of nitrogens with one attached hydrogen (secondary N) is 2. The van der Waals surface area contributed by atoms with Gasteiger partial charge in [-0.15, -0.1) is 0 Å². The van der Waals surface area contributed by atoms with Gasteiger partial charge in [0.2, 0.25) is 11.8 Å². The number of ketones is 1. The van der Waals surface area contributed by atoms with E-state index in [1.807, 2.05) is 14.0 Å². The zero-order valence-electron chi connectivity index (χ0n) is 29.2. The Morgan fingerprint density at radius 2 is 1.71 bits per heavy atom. The molecular formula is C36H49FN8O4. The zero-order valence-corrected chi connectivity index (χ0v) is 29.2. The van der Waals surface area contributed by atoms with Gasteiger partial charge in [-0.05, 0) is 63.4 Å². The largest absolute Gasteiger partial charge is 0.338 e. The molecular weight excluding hydrogens is 627 g/mol. The second-order valence-corrected chi connectivity index (χ2v) is 13.5. The second-order valence-electron chi connectivity index (χ2n) is 13.5. The zero-order chi connectivity index (χ0) is 35.2. The molecule has 1 aromatic carbocycles. The van der Waals surface area contributed by atoms with Crippen LogP contribution in [0.15, 0.2) is 36.7 Å². The standard InChI is InChI=1S/C36H49FN8O4/c1-6-45-30(14-15-39-45)32(46)21-27(25-10-8-7-9-11-25)34(47)40-29-13-12-26(20-28(29)37)23(2)33(36(49)44-18-16-42(4)17-19-44)41-35(48)31-22-38-24(3)43(31)5/h12-15,20,22-23,25,27,33H,6-11,16-19,21H2,1-5H3,(H,40,47)(H,41,48)/t23-,27-,33+/m0/s1. The molecule has 12 nitrogen and oxygen atoms in total. The Morgan fingerprint density at radius 1 is 1.00 bits per heavy atom. The van der Waals surface area contributed by atoms with E-state index < -0.39 is 29.6 Å². The second kappa shape index (κ2) is 15.9. The number of benzene rings is 1. The van der Waals surface area contributed by atoms with Crippen LogP contribution in [0.1, 0.15) is 90.7 Å². The number of carbonyl (C=O) groups excluding carboxylic acids is 4. The molecule has 13 heteroatoms. The summed E-state index contributed by atoms with van der Waals surface area (Å²) in [6.45, 7) is 8.47. The first kappa shape index (κ1) is 35.9. The fourth-order valence-electron chi connectivity index (χ4n) is 7.02. The number of carbonyl (C=O) groups is 4. The van der Waals surface area contributed by atoms with E-state index in [1.165, 1.54) is 18.3 Å². The number of amides is 3. The molecule has 2 fully saturated rings. The number of rotatable bonds is 12. The first-order valence-electron chi connectivity index (χ1n) is 17.4. The average Bonchev–Trinajstić information content (AvgIpc) is 3.72. The Bertz CT molecular complexity index is 1650. The lowest BCUT2D eigenvalue weighted by Gasteiger charge is -2.36. The maximum absolute atomic E-state index is 15.8. The van der Waals surface area contributed by atoms with E-state index in [0.29, 0.717) is 55.5 Å². The van der Waals surface area contributed by atoms with E-state index >= 15 is 4.39 Å². The minimum absolute atomic E-state index is 0.00384. The van der Waals surface area contributed by atoms with Crippen LogP contribution in [-0.2, 0) is 23.2 Å². The van der Waals surface area contributed by atoms with Crippen molar-refractivity contribution in [2.75, 3.05) is 38.5 Å². The third-order valence-electron chi connectivity index (χ3n) is 10.4. The number of Topliss-reactive ketones (excluding diaryl/α,β-unsaturated/α-hetero) is 1. The minimum atomic E-state index is -0.968. The average molecular weight is 677 g/mol. The molecule has 3 aromatic rings. The summed E-state index contributed by atoms with van der Waals surface area (Å²) in [5, 5.41) is 9.89. The third kappa shape index (κ3) is 8.26. The van der Waals surface area contributed by atoms with E-state index in [0.717, 1.165) is 32.1 Å². The van der Waals surface area contributed by atoms with Crippen molar-refractivity contribution < 1.29 is 23.6 Å². The molecule has 1 aliphatic heterocycles. The van der Waals surface area contributed by atoms with E-state index in [4.69, 9.17) is 0 Å². The molecule has 0 radical (unpaired) electrons. The first-order valence-corrected chi connectivity index (χ1v) is 17.4. The van der Waals surface area contributed by atoms with Gasteiger partial charge in [-0.2, -0.15) is 5.10 Å². The SMILES string of the molecule is CCn1nccc1C(=O)C[C@H](C(=O)Nc1ccc([C@H](C)[C@@H](NC(=O)c2cnc(C)n2C)C(=O)N2CCN(C)CC2)cc1F)C1CCCCC1. The summed E-state index contributed by atoms with van der Waals surface area (Å²) in [5.41, 5.74) is 1.28. The van der Waals surface area contributed by atoms with Crippen molar-refractivity contribution in [3.05, 3.63) is 65.3 Å². The lowest BCUT2D eigenvalue weighted by Crippen LogP contribution is -2.55. The molecule has 3 amide bonds. The molecule has 2 N–H and O–H groups in total. The predicted octanol–water partition coefficient (Wildman–Crippen LogP) is 4.17. The number of hydrogen-bond donors (Lipinski definition) is 2. The fraction of sp³-hybridized carbons (Fsp3) is 0.556. The summed E-state index contributed by atoms with van der Waals surface area (Å²) in [7, 11) is 3.73. The molecule has 0 spiro atoms. The summed E-state index contributed by atoms with van der Waals surface area (Å²) in [4.78, 5) is 62.5. The Morgan fingerprint density at radius 3 is 2.35 bits per heavy atom. The van der Waals surface area contributed by atoms with Crippen molar-refractivity contribution in [2.24, 2.45) is 18.9 Å². The molecule has 2 aliphatic rings. The molecule has 2 aromatic heterocycles. The third-order valence-corrected chi connectivity index (χ3v) is 10.4. The van der Waals surface area contributed by atoms with Gasteiger partial charge in [-0.25, -0.2) is 9.37 Å². The topological polar surface area (TPSA) is 134 Å². The normalized spacial score (nSPS) is 17.7. The fourth-order valence-corrected chi connectivity index (χ4v) is 7.02. The van der Waals surface area contributed by atoms with Crippen LogP contribution in [0.4, 0.5) is 10.1 Å². The van der Waals surface area contributed by atoms with Crippen LogP contribution in [0.2, 0.25) is 0 Å². The van der Waals surface area contributed by atoms with E-state index in [2.05, 4.69) is 25.6 Å². The highest BCUT2D eigenvalue weighted by atomic mass is 19.1. The molecule has 3 atom stereocenters. The van der Waals surface area contributed by atoms with Crippen molar-refractivity contribution >= 4 is 29.2 Å². The van der Waals surface area contributed by atoms with E-state index in [-0.39, 0.29) is 35.6 Å². The van der Waals surface area contributed by atoms with Crippen LogP contribution in [0.5, 0.6) is 0 Å². The number of hydrogen-bond acceptors (Lipinski definition) is 7. The summed E-state index contributed by atoms with van der Waals surface area (Å²) in [6, 6.07) is 5.18. The van der Waals surface area contributed by atoms with Crippen LogP contribution in [0.25, 0.3) is 0 Å². The Kier molecular flexibility index (Phi) is 11.6. The smallest absolute Gasteiger partial charge is 0.270 e. The van der Waals surface area contributed by atoms with Crippen molar-refractivity contribution in [3.63, 3.8) is 0 Å². The Hall–Kier alpha value is -4.39. The maximum Gasteiger partial charge on any atom is 0.270 e. The molecule has 1 aliphatic carbocycles. The molecule has 1 saturated heterocycles. The summed E-state index contributed by atoms with van der Waals surface area (Å²) in [6.07, 6.45) is 7.81. The summed E-state index contributed by atoms with van der Waals surface area (Å²) >= 11 is 0. The van der Waals surface area contributed by atoms with Gasteiger partial charge in [-0.3, -0.25) is 23.9 Å². The molecule has 1 saturated carbocycles. The number of anilines is 1. The van der Waals surface area contributed by atoms with Crippen molar-refractivity contribution in [2.45, 2.75) is 77.8 Å². The Labute approximate surface area is 287 Å². The highest BCUT2D eigenvalue weighted by Gasteiger charge is 2.35. The monoisotopic (exact) mass is 676 g/mol. The van der Waals surface area contributed by atoms with Gasteiger partial charge in [0.25, 0.3) is 5.91 Å². The quantitative estimate of drug-likeness (QED) is 0.275. The number of aryl methyl sites for hydroxylation is 2. The van der Waals surface area contributed by atoms with Gasteiger partial charge in [-0.1, -0.05) is 32.3 Å². The molecule has 0 bridgehead atoms. The lowest BCUT2D eigenvalue weighted by molar-refractivity contribution is -0.135. The van der Waals surface area contributed by atoms with Gasteiger partial charge in [0, 0.05) is 64.2 Å². The predicted molar refractivity (Wildman–Crippen MR) is 184 cm³/mol. The van der Waals surface area contributed by atoms with Crippen LogP contribution in [0, 0.1) is 24.6 Å². The van der Waals surface area contributed by atoms with Crippen molar-refractivity contribution in [1.29, 1.82) is 0 Å². The van der Waals surface area contributed by atoms with E-state index in [9.17, 15) is 19.2 Å². The van der Waals surface area contributed by atoms with Crippen LogP contribution >= 0.6 is 0 Å². The number of piperazine rings is 1. The van der Waals surface area contributed by atoms with E-state index in [1.54, 1.807) is 53.4 Å². The summed E-state index contributed by atoms with van der Waals surface area (Å²) < 4.78 is 19.1. The van der Waals surface area contributed by atoms with Crippen molar-refractivity contribution in [3.8, 4) is 0 Å². The molecule has 264 valence electrons. The molecule has 3 heterocycles. The number of imidazole rings is 1. The number of nitrogens with zero attached hydrogens (tertiary/aromatic N) is 6. The van der Waals surface area contributed by atoms with Crippen LogP contribution < -0.4 is 10.6 Å². The first-order chi connectivity index (χ1) is 23.5. The minimum Gasteiger partial charge on any atom is -0.338 e. The van der Waals surface area contributed by atoms with Crippen molar-refractivity contribution in [1.82, 2.24) is 34.4 Å². The van der Waals surface area contributed by atoms with Gasteiger partial charge in [0.05, 0.1) is 11.9 Å². The van der Waals surface area contributed by atoms with Gasteiger partial charge >= 0.3 is 0 Å². The number of halogens is 1. The Balaban J connectivity index is 1.35. The van der Waals surface area contributed by atoms with Gasteiger partial charge < -0.3 is 25.0 Å². The lowest BCUT2D eigenvalue weighted by atomic mass is 9.77. The van der Waals surface area contributed by atoms with Crippen LogP contribution in [0.3, 0.4) is 0 Å².